The van der Waals surface area contributed by atoms with Crippen LogP contribution in [-0.2, 0) is 19.1 Å². The summed E-state index contributed by atoms with van der Waals surface area (Å²) in [6.45, 7) is 4.10. The lowest BCUT2D eigenvalue weighted by Crippen LogP contribution is -2.72. The van der Waals surface area contributed by atoms with Gasteiger partial charge in [-0.05, 0) is 49.8 Å². The number of allylic oxidation sites excluding steroid dienone is 4. The summed E-state index contributed by atoms with van der Waals surface area (Å²) in [5.41, 5.74) is -2.92. The number of carbonyl (C=O) groups is 3. The van der Waals surface area contributed by atoms with Gasteiger partial charge in [0, 0.05) is 35.8 Å². The summed E-state index contributed by atoms with van der Waals surface area (Å²) in [4.78, 5) is 36.7. The number of aliphatic hydroxyl groups excluding tert-OH is 1. The second-order valence-corrected chi connectivity index (χ2v) is 10.6. The second kappa shape index (κ2) is 6.81. The molecule has 0 bridgehead atoms. The molecule has 1 heterocycles. The van der Waals surface area contributed by atoms with E-state index in [1.807, 2.05) is 6.92 Å². The average molecular weight is 462 g/mol. The second-order valence-electron chi connectivity index (χ2n) is 10.6. The molecule has 0 spiro atoms. The maximum atomic E-state index is 17.2. The number of alkyl halides is 2. The Morgan fingerprint density at radius 3 is 2.73 bits per heavy atom. The van der Waals surface area contributed by atoms with Crippen molar-refractivity contribution in [2.24, 2.45) is 33.7 Å². The first-order valence-corrected chi connectivity index (χ1v) is 11.3. The van der Waals surface area contributed by atoms with Gasteiger partial charge in [0.05, 0.1) is 6.10 Å². The fraction of sp³-hybridized carbons (Fsp3) is 0.667. The standard InChI is InChI=1S/C24H28F2N2O5/c1-12(29)33-11-20(32)24-13(10-27-28-24)6-15-16-8-18(25)17-7-14(30)4-5-21(17,2)23(16,26)19(31)9-22(15,24)3/h4-5,7,10,13,15-16,18-19,28,31H,6,8-9,11H2,1-3H3/t13-,15-,16-,18-,19-,21-,22-,23-,24-/m0/s1. The molecular formula is C24H28F2N2O5. The minimum Gasteiger partial charge on any atom is -0.458 e. The van der Waals surface area contributed by atoms with Gasteiger partial charge in [-0.25, -0.2) is 8.78 Å². The quantitative estimate of drug-likeness (QED) is 0.622. The van der Waals surface area contributed by atoms with Crippen molar-refractivity contribution in [1.82, 2.24) is 5.43 Å². The highest BCUT2D eigenvalue weighted by molar-refractivity contribution is 6.01. The zero-order valence-corrected chi connectivity index (χ0v) is 18.8. The Kier molecular flexibility index (Phi) is 4.62. The number of carbonyl (C=O) groups excluding carboxylic acids is 3. The number of ketones is 2. The van der Waals surface area contributed by atoms with Crippen molar-refractivity contribution < 1.29 is 33.0 Å². The number of ether oxygens (including phenoxy) is 1. The SMILES string of the molecule is CC(=O)OCC(=O)[C@@]12NN=C[C@@H]1C[C@H]1[C@@H]3C[C@H](F)C4=CC(=O)C=C[C@]4(C)[C@@]3(F)[C@@H](O)C[C@@]12C. The molecule has 7 nitrogen and oxygen atoms in total. The van der Waals surface area contributed by atoms with Gasteiger partial charge in [-0.3, -0.25) is 19.8 Å². The third-order valence-corrected chi connectivity index (χ3v) is 9.33. The molecule has 5 rings (SSSR count). The molecule has 9 heteroatoms. The lowest BCUT2D eigenvalue weighted by Gasteiger charge is -2.63. The molecule has 0 saturated heterocycles. The first-order valence-electron chi connectivity index (χ1n) is 11.3. The van der Waals surface area contributed by atoms with Gasteiger partial charge in [0.25, 0.3) is 0 Å². The minimum atomic E-state index is -2.21. The first-order chi connectivity index (χ1) is 15.4. The van der Waals surface area contributed by atoms with Gasteiger partial charge in [0.15, 0.2) is 23.8 Å². The number of fused-ring (bicyclic) bond motifs is 7. The Hall–Kier alpha value is -2.42. The number of hydrogen-bond donors (Lipinski definition) is 2. The molecule has 0 radical (unpaired) electrons. The van der Waals surface area contributed by atoms with E-state index in [1.165, 1.54) is 19.1 Å². The number of nitrogens with one attached hydrogen (secondary N) is 1. The van der Waals surface area contributed by atoms with Crippen LogP contribution in [0.3, 0.4) is 0 Å². The normalized spacial score (nSPS) is 49.3. The Morgan fingerprint density at radius 2 is 2.03 bits per heavy atom. The van der Waals surface area contributed by atoms with Crippen LogP contribution < -0.4 is 5.43 Å². The molecule has 0 aromatic heterocycles. The number of aliphatic hydroxyl groups is 1. The van der Waals surface area contributed by atoms with E-state index in [1.54, 1.807) is 13.1 Å². The van der Waals surface area contributed by atoms with Crippen molar-refractivity contribution in [3.63, 3.8) is 0 Å². The molecule has 33 heavy (non-hydrogen) atoms. The molecule has 2 N–H and O–H groups in total. The Bertz CT molecular complexity index is 1040. The van der Waals surface area contributed by atoms with Crippen molar-refractivity contribution in [1.29, 1.82) is 0 Å². The van der Waals surface area contributed by atoms with Crippen LogP contribution >= 0.6 is 0 Å². The van der Waals surface area contributed by atoms with Crippen molar-refractivity contribution in [2.75, 3.05) is 6.61 Å². The van der Waals surface area contributed by atoms with E-state index in [2.05, 4.69) is 10.5 Å². The first kappa shape index (κ1) is 22.4. The number of rotatable bonds is 3. The monoisotopic (exact) mass is 462 g/mol. The summed E-state index contributed by atoms with van der Waals surface area (Å²) >= 11 is 0. The molecule has 3 saturated carbocycles. The van der Waals surface area contributed by atoms with Gasteiger partial charge in [-0.2, -0.15) is 5.10 Å². The van der Waals surface area contributed by atoms with Gasteiger partial charge in [0.2, 0.25) is 0 Å². The Morgan fingerprint density at radius 1 is 1.30 bits per heavy atom. The van der Waals surface area contributed by atoms with Gasteiger partial charge in [-0.15, -0.1) is 0 Å². The molecule has 3 fully saturated rings. The lowest BCUT2D eigenvalue weighted by atomic mass is 9.44. The minimum absolute atomic E-state index is 0.0645. The fourth-order valence-corrected chi connectivity index (χ4v) is 7.80. The summed E-state index contributed by atoms with van der Waals surface area (Å²) in [7, 11) is 0. The predicted molar refractivity (Wildman–Crippen MR) is 114 cm³/mol. The summed E-state index contributed by atoms with van der Waals surface area (Å²) in [5, 5.41) is 15.5. The number of halogens is 2. The highest BCUT2D eigenvalue weighted by atomic mass is 19.1. The van der Waals surface area contributed by atoms with Crippen molar-refractivity contribution in [2.45, 2.75) is 63.5 Å². The number of hydrogen-bond acceptors (Lipinski definition) is 7. The molecule has 5 aliphatic rings. The fourth-order valence-electron chi connectivity index (χ4n) is 7.80. The summed E-state index contributed by atoms with van der Waals surface area (Å²) < 4.78 is 37.6. The van der Waals surface area contributed by atoms with Gasteiger partial charge < -0.3 is 9.84 Å². The van der Waals surface area contributed by atoms with Gasteiger partial charge in [-0.1, -0.05) is 13.0 Å². The Balaban J connectivity index is 1.60. The highest BCUT2D eigenvalue weighted by Crippen LogP contribution is 2.71. The maximum absolute atomic E-state index is 17.2. The van der Waals surface area contributed by atoms with E-state index < -0.39 is 76.2 Å². The summed E-state index contributed by atoms with van der Waals surface area (Å²) in [5.74, 6) is -3.13. The van der Waals surface area contributed by atoms with Crippen LogP contribution in [0.4, 0.5) is 8.78 Å². The number of nitrogens with zero attached hydrogens (tertiary/aromatic N) is 1. The Labute approximate surface area is 190 Å². The molecule has 0 unspecified atom stereocenters. The van der Waals surface area contributed by atoms with E-state index in [0.717, 1.165) is 6.08 Å². The zero-order chi connectivity index (χ0) is 24.0. The third-order valence-electron chi connectivity index (χ3n) is 9.33. The van der Waals surface area contributed by atoms with Crippen LogP contribution in [0.5, 0.6) is 0 Å². The van der Waals surface area contributed by atoms with Crippen molar-refractivity contribution in [3.8, 4) is 0 Å². The van der Waals surface area contributed by atoms with Crippen molar-refractivity contribution in [3.05, 3.63) is 23.8 Å². The molecule has 1 aliphatic heterocycles. The third kappa shape index (κ3) is 2.52. The maximum Gasteiger partial charge on any atom is 0.303 e. The van der Waals surface area contributed by atoms with Crippen LogP contribution in [0.25, 0.3) is 0 Å². The summed E-state index contributed by atoms with van der Waals surface area (Å²) in [6.07, 6.45) is 2.48. The van der Waals surface area contributed by atoms with Crippen LogP contribution in [-0.4, -0.2) is 58.9 Å². The molecule has 0 aromatic carbocycles. The van der Waals surface area contributed by atoms with Crippen LogP contribution in [0.15, 0.2) is 28.9 Å². The predicted octanol–water partition coefficient (Wildman–Crippen LogP) is 1.99. The van der Waals surface area contributed by atoms with Crippen LogP contribution in [0.1, 0.15) is 40.0 Å². The number of Topliss-reactive ketones (excluding diaryl/α,β-unsaturated/α-hetero) is 1. The molecule has 9 atom stereocenters. The largest absolute Gasteiger partial charge is 0.458 e. The smallest absolute Gasteiger partial charge is 0.303 e. The van der Waals surface area contributed by atoms with E-state index in [0.29, 0.717) is 6.42 Å². The highest BCUT2D eigenvalue weighted by Gasteiger charge is 2.78. The van der Waals surface area contributed by atoms with Crippen LogP contribution in [0, 0.1) is 28.6 Å². The summed E-state index contributed by atoms with van der Waals surface area (Å²) in [6, 6.07) is 0. The molecule has 0 amide bonds. The molecule has 178 valence electrons. The lowest BCUT2D eigenvalue weighted by molar-refractivity contribution is -0.206. The van der Waals surface area contributed by atoms with Gasteiger partial charge in [0.1, 0.15) is 11.7 Å². The number of hydrazone groups is 1. The van der Waals surface area contributed by atoms with E-state index in [9.17, 15) is 19.5 Å². The van der Waals surface area contributed by atoms with E-state index in [4.69, 9.17) is 4.74 Å². The topological polar surface area (TPSA) is 105 Å². The number of esters is 1. The van der Waals surface area contributed by atoms with E-state index >= 15 is 8.78 Å². The van der Waals surface area contributed by atoms with Crippen LogP contribution in [0.2, 0.25) is 0 Å². The molecule has 4 aliphatic carbocycles. The van der Waals surface area contributed by atoms with E-state index in [-0.39, 0.29) is 18.4 Å². The van der Waals surface area contributed by atoms with Gasteiger partial charge >= 0.3 is 5.97 Å². The molecule has 0 aromatic rings. The zero-order valence-electron chi connectivity index (χ0n) is 18.8. The average Bonchev–Trinajstić information content (AvgIpc) is 3.27. The molecular weight excluding hydrogens is 434 g/mol. The van der Waals surface area contributed by atoms with Crippen molar-refractivity contribution >= 4 is 23.8 Å².